The SMILES string of the molecule is CC(C)(C)OC(=O)NCCC(=O)N1CCC(CNC(=O)c2ccc(-n3cccc3)cc2)CC1. The molecule has 33 heavy (non-hydrogen) atoms. The van der Waals surface area contributed by atoms with Crippen LogP contribution in [0.15, 0.2) is 48.8 Å². The predicted molar refractivity (Wildman–Crippen MR) is 126 cm³/mol. The number of carbonyl (C=O) groups is 3. The lowest BCUT2D eigenvalue weighted by Crippen LogP contribution is -2.42. The maximum Gasteiger partial charge on any atom is 0.407 e. The van der Waals surface area contributed by atoms with E-state index in [1.807, 2.05) is 58.3 Å². The van der Waals surface area contributed by atoms with Crippen molar-refractivity contribution in [3.8, 4) is 5.69 Å². The average Bonchev–Trinajstić information content (AvgIpc) is 3.31. The number of rotatable bonds is 7. The number of ether oxygens (including phenoxy) is 1. The Labute approximate surface area is 195 Å². The highest BCUT2D eigenvalue weighted by Gasteiger charge is 2.23. The molecule has 2 N–H and O–H groups in total. The number of hydrogen-bond donors (Lipinski definition) is 2. The molecule has 0 bridgehead atoms. The molecule has 1 saturated heterocycles. The molecular formula is C25H34N4O4. The third kappa shape index (κ3) is 7.66. The van der Waals surface area contributed by atoms with Crippen LogP contribution in [0.3, 0.4) is 0 Å². The number of carbonyl (C=O) groups excluding carboxylic acids is 3. The molecule has 2 aromatic rings. The molecule has 1 aromatic carbocycles. The summed E-state index contributed by atoms with van der Waals surface area (Å²) >= 11 is 0. The molecule has 0 radical (unpaired) electrons. The molecule has 2 heterocycles. The third-order valence-electron chi connectivity index (χ3n) is 5.56. The molecule has 1 aliphatic rings. The molecule has 178 valence electrons. The van der Waals surface area contributed by atoms with Crippen molar-refractivity contribution in [1.82, 2.24) is 20.1 Å². The highest BCUT2D eigenvalue weighted by molar-refractivity contribution is 5.94. The predicted octanol–water partition coefficient (Wildman–Crippen LogP) is 3.36. The topological polar surface area (TPSA) is 92.7 Å². The van der Waals surface area contributed by atoms with Gasteiger partial charge in [-0.15, -0.1) is 0 Å². The maximum absolute atomic E-state index is 12.5. The molecule has 3 rings (SSSR count). The number of hydrogen-bond acceptors (Lipinski definition) is 4. The molecular weight excluding hydrogens is 420 g/mol. The number of amides is 3. The molecule has 8 nitrogen and oxygen atoms in total. The van der Waals surface area contributed by atoms with Gasteiger partial charge in [-0.3, -0.25) is 9.59 Å². The number of piperidine rings is 1. The first-order chi connectivity index (χ1) is 15.7. The van der Waals surface area contributed by atoms with Gasteiger partial charge in [0.05, 0.1) is 0 Å². The average molecular weight is 455 g/mol. The van der Waals surface area contributed by atoms with Gasteiger partial charge >= 0.3 is 6.09 Å². The maximum atomic E-state index is 12.5. The highest BCUT2D eigenvalue weighted by atomic mass is 16.6. The molecule has 3 amide bonds. The zero-order chi connectivity index (χ0) is 23.8. The number of aromatic nitrogens is 1. The van der Waals surface area contributed by atoms with E-state index in [9.17, 15) is 14.4 Å². The van der Waals surface area contributed by atoms with Crippen LogP contribution in [0.25, 0.3) is 5.69 Å². The summed E-state index contributed by atoms with van der Waals surface area (Å²) in [5, 5.41) is 5.64. The first kappa shape index (κ1) is 24.4. The minimum Gasteiger partial charge on any atom is -0.444 e. The van der Waals surface area contributed by atoms with Gasteiger partial charge in [-0.05, 0) is 75.9 Å². The standard InChI is InChI=1S/C25H34N4O4/c1-25(2,3)33-24(32)26-13-10-22(30)29-16-11-19(12-17-29)18-27-23(31)20-6-8-21(9-7-20)28-14-4-5-15-28/h4-9,14-15,19H,10-13,16-18H2,1-3H3,(H,26,32)(H,27,31). The Bertz CT molecular complexity index is 924. The van der Waals surface area contributed by atoms with Crippen molar-refractivity contribution >= 4 is 17.9 Å². The van der Waals surface area contributed by atoms with E-state index in [2.05, 4.69) is 10.6 Å². The zero-order valence-corrected chi connectivity index (χ0v) is 19.7. The van der Waals surface area contributed by atoms with Crippen LogP contribution >= 0.6 is 0 Å². The van der Waals surface area contributed by atoms with Crippen LogP contribution in [0.4, 0.5) is 4.79 Å². The van der Waals surface area contributed by atoms with E-state index in [1.54, 1.807) is 20.8 Å². The van der Waals surface area contributed by atoms with E-state index >= 15 is 0 Å². The second kappa shape index (κ2) is 11.0. The second-order valence-corrected chi connectivity index (χ2v) is 9.35. The Morgan fingerprint density at radius 1 is 1.00 bits per heavy atom. The lowest BCUT2D eigenvalue weighted by molar-refractivity contribution is -0.132. The lowest BCUT2D eigenvalue weighted by atomic mass is 9.96. The lowest BCUT2D eigenvalue weighted by Gasteiger charge is -2.32. The Hall–Kier alpha value is -3.29. The highest BCUT2D eigenvalue weighted by Crippen LogP contribution is 2.17. The fraction of sp³-hybridized carbons (Fsp3) is 0.480. The monoisotopic (exact) mass is 454 g/mol. The molecule has 8 heteroatoms. The van der Waals surface area contributed by atoms with Crippen LogP contribution < -0.4 is 10.6 Å². The van der Waals surface area contributed by atoms with Gasteiger partial charge in [0, 0.05) is 56.2 Å². The molecule has 0 atom stereocenters. The number of nitrogens with zero attached hydrogens (tertiary/aromatic N) is 2. The number of nitrogens with one attached hydrogen (secondary N) is 2. The Morgan fingerprint density at radius 3 is 2.24 bits per heavy atom. The first-order valence-corrected chi connectivity index (χ1v) is 11.5. The van der Waals surface area contributed by atoms with Crippen LogP contribution in [0, 0.1) is 5.92 Å². The largest absolute Gasteiger partial charge is 0.444 e. The van der Waals surface area contributed by atoms with Gasteiger partial charge in [0.15, 0.2) is 0 Å². The number of benzene rings is 1. The van der Waals surface area contributed by atoms with Gasteiger partial charge in [0.2, 0.25) is 5.91 Å². The van der Waals surface area contributed by atoms with Crippen LogP contribution in [0.2, 0.25) is 0 Å². The van der Waals surface area contributed by atoms with Crippen molar-refractivity contribution in [3.63, 3.8) is 0 Å². The van der Waals surface area contributed by atoms with E-state index in [1.165, 1.54) is 0 Å². The molecule has 1 fully saturated rings. The normalized spacial score (nSPS) is 14.6. The van der Waals surface area contributed by atoms with Gasteiger partial charge in [-0.25, -0.2) is 4.79 Å². The summed E-state index contributed by atoms with van der Waals surface area (Å²) in [5.74, 6) is 0.286. The molecule has 1 aromatic heterocycles. The van der Waals surface area contributed by atoms with Crippen molar-refractivity contribution in [2.75, 3.05) is 26.2 Å². The van der Waals surface area contributed by atoms with Crippen molar-refractivity contribution < 1.29 is 19.1 Å². The molecule has 1 aliphatic heterocycles. The summed E-state index contributed by atoms with van der Waals surface area (Å²) in [4.78, 5) is 38.4. The van der Waals surface area contributed by atoms with Crippen molar-refractivity contribution in [3.05, 3.63) is 54.4 Å². The van der Waals surface area contributed by atoms with Crippen LogP contribution in [0.5, 0.6) is 0 Å². The molecule has 0 spiro atoms. The Morgan fingerprint density at radius 2 is 1.64 bits per heavy atom. The van der Waals surface area contributed by atoms with Crippen LogP contribution in [0.1, 0.15) is 50.4 Å². The van der Waals surface area contributed by atoms with Gasteiger partial charge < -0.3 is 24.8 Å². The van der Waals surface area contributed by atoms with E-state index in [0.29, 0.717) is 31.1 Å². The second-order valence-electron chi connectivity index (χ2n) is 9.35. The minimum absolute atomic E-state index is 0.0244. The summed E-state index contributed by atoms with van der Waals surface area (Å²) < 4.78 is 7.16. The minimum atomic E-state index is -0.558. The Balaban J connectivity index is 1.34. The van der Waals surface area contributed by atoms with E-state index in [0.717, 1.165) is 18.5 Å². The first-order valence-electron chi connectivity index (χ1n) is 11.5. The smallest absolute Gasteiger partial charge is 0.407 e. The summed E-state index contributed by atoms with van der Waals surface area (Å²) in [6.07, 6.45) is 5.35. The molecule has 0 saturated carbocycles. The number of likely N-dealkylation sites (tertiary alicyclic amines) is 1. The van der Waals surface area contributed by atoms with Gasteiger partial charge in [0.1, 0.15) is 5.60 Å². The fourth-order valence-corrected chi connectivity index (χ4v) is 3.76. The summed E-state index contributed by atoms with van der Waals surface area (Å²) in [6, 6.07) is 11.4. The summed E-state index contributed by atoms with van der Waals surface area (Å²) in [7, 11) is 0. The zero-order valence-electron chi connectivity index (χ0n) is 19.7. The Kier molecular flexibility index (Phi) is 8.14. The molecule has 0 aliphatic carbocycles. The molecule has 0 unspecified atom stereocenters. The van der Waals surface area contributed by atoms with Crippen molar-refractivity contribution in [1.29, 1.82) is 0 Å². The third-order valence-corrected chi connectivity index (χ3v) is 5.56. The van der Waals surface area contributed by atoms with Gasteiger partial charge in [0.25, 0.3) is 5.91 Å². The van der Waals surface area contributed by atoms with E-state index in [-0.39, 0.29) is 24.8 Å². The number of alkyl carbamates (subject to hydrolysis) is 1. The van der Waals surface area contributed by atoms with Crippen LogP contribution in [-0.2, 0) is 9.53 Å². The van der Waals surface area contributed by atoms with E-state index < -0.39 is 11.7 Å². The van der Waals surface area contributed by atoms with Crippen molar-refractivity contribution in [2.24, 2.45) is 5.92 Å². The van der Waals surface area contributed by atoms with Gasteiger partial charge in [-0.2, -0.15) is 0 Å². The van der Waals surface area contributed by atoms with Gasteiger partial charge in [-0.1, -0.05) is 0 Å². The quantitative estimate of drug-likeness (QED) is 0.671. The fourth-order valence-electron chi connectivity index (χ4n) is 3.76. The summed E-state index contributed by atoms with van der Waals surface area (Å²) in [5.41, 5.74) is 1.09. The van der Waals surface area contributed by atoms with Crippen molar-refractivity contribution in [2.45, 2.75) is 45.6 Å². The van der Waals surface area contributed by atoms with E-state index in [4.69, 9.17) is 4.74 Å². The van der Waals surface area contributed by atoms with Crippen LogP contribution in [-0.4, -0.2) is 59.2 Å². The summed E-state index contributed by atoms with van der Waals surface area (Å²) in [6.45, 7) is 7.57.